The summed E-state index contributed by atoms with van der Waals surface area (Å²) in [6, 6.07) is 17.2. The first-order valence-corrected chi connectivity index (χ1v) is 11.9. The molecule has 0 aromatic heterocycles. The monoisotopic (exact) mass is 588 g/mol. The summed E-state index contributed by atoms with van der Waals surface area (Å²) < 4.78 is 11.9. The number of ether oxygens (including phenoxy) is 2. The van der Waals surface area contributed by atoms with Gasteiger partial charge >= 0.3 is 0 Å². The Hall–Kier alpha value is -3.58. The molecule has 0 fully saturated rings. The SMILES string of the molecule is COc1cc(C=NNC(=O)CC(=O)Nc2ccc(Cl)c(Cl)c2)cc(Br)c1OCc1ccc(C#N)cc1. The largest absolute Gasteiger partial charge is 0.493 e. The maximum atomic E-state index is 12.1. The molecule has 2 amide bonds. The smallest absolute Gasteiger partial charge is 0.249 e. The van der Waals surface area contributed by atoms with Gasteiger partial charge in [0.1, 0.15) is 13.0 Å². The Labute approximate surface area is 225 Å². The summed E-state index contributed by atoms with van der Waals surface area (Å²) in [5.74, 6) is -0.194. The van der Waals surface area contributed by atoms with Gasteiger partial charge in [-0.2, -0.15) is 10.4 Å². The third-order valence-corrected chi connectivity index (χ3v) is 5.97. The van der Waals surface area contributed by atoms with E-state index in [1.807, 2.05) is 12.1 Å². The van der Waals surface area contributed by atoms with Crippen molar-refractivity contribution in [1.82, 2.24) is 5.43 Å². The van der Waals surface area contributed by atoms with E-state index in [4.69, 9.17) is 37.9 Å². The van der Waals surface area contributed by atoms with Gasteiger partial charge in [0.2, 0.25) is 11.8 Å². The Bertz CT molecular complexity index is 1340. The summed E-state index contributed by atoms with van der Waals surface area (Å²) in [6.45, 7) is 0.272. The summed E-state index contributed by atoms with van der Waals surface area (Å²) in [4.78, 5) is 24.1. The molecule has 0 bridgehead atoms. The topological polar surface area (TPSA) is 113 Å². The second kappa shape index (κ2) is 12.9. The van der Waals surface area contributed by atoms with Crippen LogP contribution in [0.15, 0.2) is 64.2 Å². The average molecular weight is 590 g/mol. The van der Waals surface area contributed by atoms with Gasteiger partial charge in [-0.1, -0.05) is 35.3 Å². The number of hydrazone groups is 1. The Balaban J connectivity index is 1.56. The molecular weight excluding hydrogens is 571 g/mol. The van der Waals surface area contributed by atoms with Crippen LogP contribution in [0.5, 0.6) is 11.5 Å². The number of benzene rings is 3. The molecule has 0 heterocycles. The first kappa shape index (κ1) is 27.0. The molecule has 0 spiro atoms. The molecular formula is C25H19BrCl2N4O4. The van der Waals surface area contributed by atoms with E-state index in [1.165, 1.54) is 19.4 Å². The van der Waals surface area contributed by atoms with Gasteiger partial charge in [0.05, 0.1) is 39.5 Å². The molecule has 11 heteroatoms. The lowest BCUT2D eigenvalue weighted by Crippen LogP contribution is -2.24. The fourth-order valence-electron chi connectivity index (χ4n) is 2.93. The molecule has 3 rings (SSSR count). The van der Waals surface area contributed by atoms with Crippen LogP contribution in [0.3, 0.4) is 0 Å². The van der Waals surface area contributed by atoms with Gasteiger partial charge in [-0.15, -0.1) is 0 Å². The van der Waals surface area contributed by atoms with Gasteiger partial charge in [-0.05, 0) is 69.5 Å². The summed E-state index contributed by atoms with van der Waals surface area (Å²) in [7, 11) is 1.51. The van der Waals surface area contributed by atoms with Gasteiger partial charge in [0.25, 0.3) is 0 Å². The van der Waals surface area contributed by atoms with Gasteiger partial charge in [-0.25, -0.2) is 5.43 Å². The van der Waals surface area contributed by atoms with Crippen LogP contribution in [0, 0.1) is 11.3 Å². The van der Waals surface area contributed by atoms with Crippen LogP contribution in [0.1, 0.15) is 23.1 Å². The number of amides is 2. The first-order chi connectivity index (χ1) is 17.3. The minimum atomic E-state index is -0.600. The van der Waals surface area contributed by atoms with Crippen LogP contribution >= 0.6 is 39.1 Å². The van der Waals surface area contributed by atoms with Crippen LogP contribution in [0.4, 0.5) is 5.69 Å². The first-order valence-electron chi connectivity index (χ1n) is 10.3. The zero-order chi connectivity index (χ0) is 26.1. The normalized spacial score (nSPS) is 10.5. The second-order valence-electron chi connectivity index (χ2n) is 7.28. The van der Waals surface area contributed by atoms with E-state index in [0.29, 0.717) is 37.8 Å². The lowest BCUT2D eigenvalue weighted by molar-refractivity contribution is -0.126. The number of halogens is 3. The highest BCUT2D eigenvalue weighted by molar-refractivity contribution is 9.10. The fraction of sp³-hybridized carbons (Fsp3) is 0.120. The van der Waals surface area contributed by atoms with Gasteiger partial charge in [-0.3, -0.25) is 9.59 Å². The van der Waals surface area contributed by atoms with Crippen molar-refractivity contribution in [3.63, 3.8) is 0 Å². The highest BCUT2D eigenvalue weighted by Crippen LogP contribution is 2.37. The number of carbonyl (C=O) groups is 2. The number of nitrogens with one attached hydrogen (secondary N) is 2. The lowest BCUT2D eigenvalue weighted by Gasteiger charge is -2.13. The maximum absolute atomic E-state index is 12.1. The lowest BCUT2D eigenvalue weighted by atomic mass is 10.1. The second-order valence-corrected chi connectivity index (χ2v) is 8.95. The van der Waals surface area contributed by atoms with E-state index >= 15 is 0 Å². The Kier molecular flexibility index (Phi) is 9.70. The van der Waals surface area contributed by atoms with Crippen LogP contribution < -0.4 is 20.2 Å². The average Bonchev–Trinajstić information content (AvgIpc) is 2.85. The Morgan fingerprint density at radius 2 is 1.83 bits per heavy atom. The zero-order valence-corrected chi connectivity index (χ0v) is 21.9. The van der Waals surface area contributed by atoms with E-state index in [0.717, 1.165) is 5.56 Å². The fourth-order valence-corrected chi connectivity index (χ4v) is 3.80. The number of methoxy groups -OCH3 is 1. The molecule has 0 aliphatic rings. The van der Waals surface area contributed by atoms with Gasteiger partial charge < -0.3 is 14.8 Å². The number of nitriles is 1. The molecule has 0 saturated heterocycles. The number of carbonyl (C=O) groups excluding carboxylic acids is 2. The quantitative estimate of drug-likeness (QED) is 0.189. The maximum Gasteiger partial charge on any atom is 0.249 e. The summed E-state index contributed by atoms with van der Waals surface area (Å²) in [6.07, 6.45) is 0.971. The van der Waals surface area contributed by atoms with Crippen molar-refractivity contribution in [3.05, 3.63) is 85.8 Å². The highest BCUT2D eigenvalue weighted by Gasteiger charge is 2.13. The van der Waals surface area contributed by atoms with E-state index < -0.39 is 18.2 Å². The molecule has 0 aliphatic carbocycles. The molecule has 184 valence electrons. The predicted octanol–water partition coefficient (Wildman–Crippen LogP) is 5.69. The van der Waals surface area contributed by atoms with Gasteiger partial charge in [0.15, 0.2) is 11.5 Å². The molecule has 0 aliphatic heterocycles. The Morgan fingerprint density at radius 1 is 1.08 bits per heavy atom. The Morgan fingerprint density at radius 3 is 2.50 bits per heavy atom. The molecule has 3 aromatic rings. The standard InChI is InChI=1S/C25H19BrCl2N4O4/c1-35-22-9-17(8-19(26)25(22)36-14-16-4-2-15(12-29)3-5-16)13-30-32-24(34)11-23(33)31-18-6-7-20(27)21(28)10-18/h2-10,13H,11,14H2,1H3,(H,31,33)(H,32,34). The third-order valence-electron chi connectivity index (χ3n) is 4.65. The highest BCUT2D eigenvalue weighted by atomic mass is 79.9. The molecule has 0 radical (unpaired) electrons. The van der Waals surface area contributed by atoms with Crippen LogP contribution in [-0.4, -0.2) is 25.1 Å². The number of hydrogen-bond donors (Lipinski definition) is 2. The third kappa shape index (κ3) is 7.71. The number of hydrogen-bond acceptors (Lipinski definition) is 6. The van der Waals surface area contributed by atoms with Crippen molar-refractivity contribution >= 4 is 62.8 Å². The molecule has 3 aromatic carbocycles. The number of anilines is 1. The van der Waals surface area contributed by atoms with E-state index in [1.54, 1.807) is 36.4 Å². The number of nitrogens with zero attached hydrogens (tertiary/aromatic N) is 2. The van der Waals surface area contributed by atoms with Crippen molar-refractivity contribution in [3.8, 4) is 17.6 Å². The minimum Gasteiger partial charge on any atom is -0.493 e. The van der Waals surface area contributed by atoms with Gasteiger partial charge in [0, 0.05) is 5.69 Å². The summed E-state index contributed by atoms with van der Waals surface area (Å²) in [5, 5.41) is 16.0. The van der Waals surface area contributed by atoms with Crippen LogP contribution in [0.2, 0.25) is 10.0 Å². The summed E-state index contributed by atoms with van der Waals surface area (Å²) >= 11 is 15.2. The van der Waals surface area contributed by atoms with E-state index in [2.05, 4.69) is 37.8 Å². The van der Waals surface area contributed by atoms with Crippen molar-refractivity contribution in [2.75, 3.05) is 12.4 Å². The molecule has 2 N–H and O–H groups in total. The summed E-state index contributed by atoms with van der Waals surface area (Å²) in [5.41, 5.74) is 4.80. The zero-order valence-electron chi connectivity index (χ0n) is 18.8. The van der Waals surface area contributed by atoms with E-state index in [-0.39, 0.29) is 11.6 Å². The van der Waals surface area contributed by atoms with E-state index in [9.17, 15) is 9.59 Å². The van der Waals surface area contributed by atoms with Crippen molar-refractivity contribution in [2.24, 2.45) is 5.10 Å². The molecule has 0 unspecified atom stereocenters. The minimum absolute atomic E-state index is 0.272. The van der Waals surface area contributed by atoms with Crippen molar-refractivity contribution in [1.29, 1.82) is 5.26 Å². The number of rotatable bonds is 9. The van der Waals surface area contributed by atoms with Crippen molar-refractivity contribution in [2.45, 2.75) is 13.0 Å². The molecule has 36 heavy (non-hydrogen) atoms. The predicted molar refractivity (Wildman–Crippen MR) is 142 cm³/mol. The molecule has 0 saturated carbocycles. The van der Waals surface area contributed by atoms with Crippen LogP contribution in [-0.2, 0) is 16.2 Å². The van der Waals surface area contributed by atoms with Crippen LogP contribution in [0.25, 0.3) is 0 Å². The molecule has 0 atom stereocenters. The molecule has 8 nitrogen and oxygen atoms in total. The van der Waals surface area contributed by atoms with Crippen molar-refractivity contribution < 1.29 is 19.1 Å².